The molecule has 0 saturated carbocycles. The van der Waals surface area contributed by atoms with E-state index < -0.39 is 5.63 Å². The number of carbonyl (C=O) groups is 1. The zero-order valence-corrected chi connectivity index (χ0v) is 15.4. The summed E-state index contributed by atoms with van der Waals surface area (Å²) in [6, 6.07) is 5.35. The quantitative estimate of drug-likeness (QED) is 0.344. The van der Waals surface area contributed by atoms with Gasteiger partial charge in [-0.25, -0.2) is 9.78 Å². The largest absolute Gasteiger partial charge is 0.497 e. The van der Waals surface area contributed by atoms with Gasteiger partial charge in [-0.05, 0) is 37.5 Å². The van der Waals surface area contributed by atoms with Crippen LogP contribution >= 0.6 is 0 Å². The van der Waals surface area contributed by atoms with Gasteiger partial charge in [0.05, 0.1) is 20.0 Å². The van der Waals surface area contributed by atoms with Crippen LogP contribution in [0.1, 0.15) is 24.0 Å². The number of rotatable bonds is 8. The Balaban J connectivity index is 1.57. The van der Waals surface area contributed by atoms with Crippen molar-refractivity contribution in [3.63, 3.8) is 0 Å². The number of carbonyl (C=O) groups excluding carboxylic acids is 1. The highest BCUT2D eigenvalue weighted by atomic mass is 16.5. The van der Waals surface area contributed by atoms with Crippen LogP contribution in [0.5, 0.6) is 5.75 Å². The van der Waals surface area contributed by atoms with Gasteiger partial charge in [0.25, 0.3) is 0 Å². The van der Waals surface area contributed by atoms with Gasteiger partial charge in [-0.2, -0.15) is 0 Å². The first-order valence-corrected chi connectivity index (χ1v) is 8.80. The second kappa shape index (κ2) is 8.53. The van der Waals surface area contributed by atoms with Crippen LogP contribution in [-0.4, -0.2) is 29.2 Å². The van der Waals surface area contributed by atoms with Crippen molar-refractivity contribution in [2.45, 2.75) is 32.7 Å². The fourth-order valence-corrected chi connectivity index (χ4v) is 2.94. The summed E-state index contributed by atoms with van der Waals surface area (Å²) < 4.78 is 17.7. The fraction of sp³-hybridized carbons (Fsp3) is 0.350. The van der Waals surface area contributed by atoms with Crippen molar-refractivity contribution in [1.29, 1.82) is 0 Å². The molecule has 0 saturated heterocycles. The van der Waals surface area contributed by atoms with Crippen LogP contribution < -0.4 is 10.4 Å². The van der Waals surface area contributed by atoms with E-state index in [9.17, 15) is 9.59 Å². The minimum atomic E-state index is -0.429. The minimum Gasteiger partial charge on any atom is -0.497 e. The summed E-state index contributed by atoms with van der Waals surface area (Å²) in [4.78, 5) is 28.2. The highest BCUT2D eigenvalue weighted by Gasteiger charge is 2.14. The molecular formula is C20H22N2O5. The maximum atomic E-state index is 12.3. The maximum Gasteiger partial charge on any atom is 0.339 e. The average Bonchev–Trinajstić information content (AvgIpc) is 3.18. The molecule has 0 atom stereocenters. The van der Waals surface area contributed by atoms with Gasteiger partial charge in [-0.15, -0.1) is 0 Å². The van der Waals surface area contributed by atoms with E-state index in [1.54, 1.807) is 25.7 Å². The van der Waals surface area contributed by atoms with Crippen LogP contribution in [0.3, 0.4) is 0 Å². The number of hydrogen-bond donors (Lipinski definition) is 0. The van der Waals surface area contributed by atoms with Gasteiger partial charge < -0.3 is 18.5 Å². The molecule has 0 bridgehead atoms. The summed E-state index contributed by atoms with van der Waals surface area (Å²) in [6.07, 6.45) is 6.42. The molecule has 27 heavy (non-hydrogen) atoms. The van der Waals surface area contributed by atoms with Crippen molar-refractivity contribution in [1.82, 2.24) is 9.55 Å². The molecule has 0 aliphatic rings. The molecule has 7 heteroatoms. The SMILES string of the molecule is COc1ccc2c(C)c(CCC(=O)OCCCn3ccnc3)c(=O)oc2c1. The molecule has 1 aromatic carbocycles. The highest BCUT2D eigenvalue weighted by Crippen LogP contribution is 2.24. The third kappa shape index (κ3) is 4.55. The summed E-state index contributed by atoms with van der Waals surface area (Å²) in [5.74, 6) is 0.298. The van der Waals surface area contributed by atoms with Crippen molar-refractivity contribution in [2.24, 2.45) is 0 Å². The number of hydrogen-bond acceptors (Lipinski definition) is 6. The molecule has 0 aliphatic carbocycles. The molecule has 0 fully saturated rings. The Kier molecular flexibility index (Phi) is 5.90. The number of methoxy groups -OCH3 is 1. The second-order valence-corrected chi connectivity index (χ2v) is 6.23. The molecule has 0 spiro atoms. The van der Waals surface area contributed by atoms with E-state index in [0.717, 1.165) is 17.5 Å². The van der Waals surface area contributed by atoms with Crippen LogP contribution in [0.25, 0.3) is 11.0 Å². The molecule has 7 nitrogen and oxygen atoms in total. The summed E-state index contributed by atoms with van der Waals surface area (Å²) in [5, 5.41) is 0.832. The number of nitrogens with zero attached hydrogens (tertiary/aromatic N) is 2. The van der Waals surface area contributed by atoms with E-state index in [1.165, 1.54) is 0 Å². The van der Waals surface area contributed by atoms with Gasteiger partial charge in [0, 0.05) is 42.4 Å². The number of fused-ring (bicyclic) bond motifs is 1. The second-order valence-electron chi connectivity index (χ2n) is 6.23. The number of aromatic nitrogens is 2. The third-order valence-electron chi connectivity index (χ3n) is 4.46. The predicted molar refractivity (Wildman–Crippen MR) is 99.9 cm³/mol. The van der Waals surface area contributed by atoms with Gasteiger partial charge in [0.1, 0.15) is 11.3 Å². The topological polar surface area (TPSA) is 83.6 Å². The van der Waals surface area contributed by atoms with E-state index in [2.05, 4.69) is 4.98 Å². The van der Waals surface area contributed by atoms with Crippen molar-refractivity contribution >= 4 is 16.9 Å². The molecule has 142 valence electrons. The van der Waals surface area contributed by atoms with Crippen molar-refractivity contribution in [3.05, 3.63) is 58.5 Å². The van der Waals surface area contributed by atoms with Crippen LogP contribution in [0, 0.1) is 6.92 Å². The lowest BCUT2D eigenvalue weighted by Crippen LogP contribution is -2.14. The van der Waals surface area contributed by atoms with Crippen LogP contribution in [0.15, 0.2) is 46.1 Å². The van der Waals surface area contributed by atoms with Crippen molar-refractivity contribution in [3.8, 4) is 5.75 Å². The van der Waals surface area contributed by atoms with E-state index in [0.29, 0.717) is 29.9 Å². The molecule has 3 rings (SSSR count). The van der Waals surface area contributed by atoms with Gasteiger partial charge in [0.2, 0.25) is 0 Å². The average molecular weight is 370 g/mol. The lowest BCUT2D eigenvalue weighted by molar-refractivity contribution is -0.143. The van der Waals surface area contributed by atoms with E-state index in [1.807, 2.05) is 29.8 Å². The number of esters is 1. The molecule has 0 amide bonds. The number of aryl methyl sites for hydroxylation is 2. The number of imidazole rings is 1. The van der Waals surface area contributed by atoms with E-state index >= 15 is 0 Å². The van der Waals surface area contributed by atoms with Crippen molar-refractivity contribution < 1.29 is 18.7 Å². The Morgan fingerprint density at radius 3 is 2.93 bits per heavy atom. The maximum absolute atomic E-state index is 12.3. The Morgan fingerprint density at radius 2 is 2.19 bits per heavy atom. The first kappa shape index (κ1) is 18.7. The first-order chi connectivity index (χ1) is 13.1. The lowest BCUT2D eigenvalue weighted by atomic mass is 10.0. The molecule has 3 aromatic rings. The smallest absolute Gasteiger partial charge is 0.339 e. The third-order valence-corrected chi connectivity index (χ3v) is 4.46. The summed E-state index contributed by atoms with van der Waals surface area (Å²) in [7, 11) is 1.56. The zero-order valence-electron chi connectivity index (χ0n) is 15.4. The van der Waals surface area contributed by atoms with Gasteiger partial charge in [-0.1, -0.05) is 0 Å². The Morgan fingerprint density at radius 1 is 1.33 bits per heavy atom. The van der Waals surface area contributed by atoms with Gasteiger partial charge in [-0.3, -0.25) is 4.79 Å². The fourth-order valence-electron chi connectivity index (χ4n) is 2.94. The van der Waals surface area contributed by atoms with Gasteiger partial charge in [0.15, 0.2) is 0 Å². The molecule has 0 unspecified atom stereocenters. The molecule has 0 radical (unpaired) electrons. The van der Waals surface area contributed by atoms with Crippen LogP contribution in [-0.2, 0) is 22.5 Å². The normalized spacial score (nSPS) is 10.9. The van der Waals surface area contributed by atoms with E-state index in [4.69, 9.17) is 13.9 Å². The molecule has 2 heterocycles. The summed E-state index contributed by atoms with van der Waals surface area (Å²) >= 11 is 0. The Hall–Kier alpha value is -3.09. The Labute approximate surface area is 156 Å². The minimum absolute atomic E-state index is 0.137. The molecule has 0 aliphatic heterocycles. The zero-order chi connectivity index (χ0) is 19.2. The summed E-state index contributed by atoms with van der Waals surface area (Å²) in [6.45, 7) is 2.93. The standard InChI is InChI=1S/C20H22N2O5/c1-14-16-5-4-15(25-2)12-18(16)27-20(24)17(14)6-7-19(23)26-11-3-9-22-10-8-21-13-22/h4-5,8,10,12-13H,3,6-7,9,11H2,1-2H3. The monoisotopic (exact) mass is 370 g/mol. The molecular weight excluding hydrogens is 348 g/mol. The number of benzene rings is 1. The van der Waals surface area contributed by atoms with Crippen LogP contribution in [0.4, 0.5) is 0 Å². The predicted octanol–water partition coefficient (Wildman–Crippen LogP) is 2.87. The van der Waals surface area contributed by atoms with Crippen molar-refractivity contribution in [2.75, 3.05) is 13.7 Å². The molecule has 2 aromatic heterocycles. The first-order valence-electron chi connectivity index (χ1n) is 8.80. The molecule has 0 N–H and O–H groups in total. The van der Waals surface area contributed by atoms with E-state index in [-0.39, 0.29) is 18.8 Å². The highest BCUT2D eigenvalue weighted by molar-refractivity contribution is 5.82. The van der Waals surface area contributed by atoms with Gasteiger partial charge >= 0.3 is 11.6 Å². The summed E-state index contributed by atoms with van der Waals surface area (Å²) in [5.41, 5.74) is 1.36. The van der Waals surface area contributed by atoms with Crippen LogP contribution in [0.2, 0.25) is 0 Å². The number of ether oxygens (including phenoxy) is 2. The Bertz CT molecular complexity index is 976. The lowest BCUT2D eigenvalue weighted by Gasteiger charge is -2.09.